The number of thiol groups is 1. The summed E-state index contributed by atoms with van der Waals surface area (Å²) in [7, 11) is -3.52. The van der Waals surface area contributed by atoms with Crippen LogP contribution in [0.4, 0.5) is 10.5 Å². The number of sulfonamides is 1. The summed E-state index contributed by atoms with van der Waals surface area (Å²) >= 11 is 4.35. The molecular formula is C20H22N2O4S2. The standard InChI is InChI=1S/C20H22N2O4S2/c1-14-2-5-18(6-3-14)28(24,25)21-10-8-16(9-11-21)22-19-7-4-17(27)12-15(19)13-26-20(22)23/h2-7,12,16,27H,8-11,13H2,1H3. The Hall–Kier alpha value is -2.03. The first kappa shape index (κ1) is 19.3. The van der Waals surface area contributed by atoms with Crippen LogP contribution in [0.1, 0.15) is 24.0 Å². The maximum Gasteiger partial charge on any atom is 0.414 e. The molecule has 2 heterocycles. The van der Waals surface area contributed by atoms with Gasteiger partial charge in [0.2, 0.25) is 10.0 Å². The summed E-state index contributed by atoms with van der Waals surface area (Å²) in [6, 6.07) is 12.4. The number of fused-ring (bicyclic) bond motifs is 1. The van der Waals surface area contributed by atoms with Gasteiger partial charge < -0.3 is 4.74 Å². The third-order valence-electron chi connectivity index (χ3n) is 5.32. The highest BCUT2D eigenvalue weighted by molar-refractivity contribution is 7.89. The highest BCUT2D eigenvalue weighted by atomic mass is 32.2. The fourth-order valence-corrected chi connectivity index (χ4v) is 5.48. The van der Waals surface area contributed by atoms with Crippen LogP contribution >= 0.6 is 12.6 Å². The van der Waals surface area contributed by atoms with E-state index in [0.717, 1.165) is 21.7 Å². The lowest BCUT2D eigenvalue weighted by atomic mass is 10.0. The van der Waals surface area contributed by atoms with Crippen LogP contribution in [0, 0.1) is 6.92 Å². The normalized spacial score (nSPS) is 18.6. The molecule has 6 nitrogen and oxygen atoms in total. The first-order chi connectivity index (χ1) is 13.4. The zero-order valence-corrected chi connectivity index (χ0v) is 17.2. The summed E-state index contributed by atoms with van der Waals surface area (Å²) in [6.45, 7) is 2.89. The lowest BCUT2D eigenvalue weighted by Gasteiger charge is -2.39. The van der Waals surface area contributed by atoms with E-state index in [-0.39, 0.29) is 18.7 Å². The molecule has 0 spiro atoms. The molecule has 28 heavy (non-hydrogen) atoms. The number of carbonyl (C=O) groups excluding carboxylic acids is 1. The van der Waals surface area contributed by atoms with Gasteiger partial charge in [-0.2, -0.15) is 4.31 Å². The molecular weight excluding hydrogens is 396 g/mol. The third-order valence-corrected chi connectivity index (χ3v) is 7.51. The zero-order chi connectivity index (χ0) is 19.9. The van der Waals surface area contributed by atoms with Gasteiger partial charge in [-0.1, -0.05) is 17.7 Å². The van der Waals surface area contributed by atoms with Crippen molar-refractivity contribution in [2.45, 2.75) is 42.2 Å². The van der Waals surface area contributed by atoms with Crippen LogP contribution in [0.15, 0.2) is 52.3 Å². The molecule has 0 bridgehead atoms. The molecule has 1 fully saturated rings. The van der Waals surface area contributed by atoms with Crippen molar-refractivity contribution in [3.05, 3.63) is 53.6 Å². The Labute approximate surface area is 170 Å². The summed E-state index contributed by atoms with van der Waals surface area (Å²) in [6.07, 6.45) is 0.740. The number of hydrogen-bond acceptors (Lipinski definition) is 5. The number of anilines is 1. The third kappa shape index (κ3) is 3.52. The van der Waals surface area contributed by atoms with Crippen LogP contribution in [-0.4, -0.2) is 37.9 Å². The number of amides is 1. The Morgan fingerprint density at radius 3 is 2.43 bits per heavy atom. The van der Waals surface area contributed by atoms with E-state index in [0.29, 0.717) is 30.8 Å². The van der Waals surface area contributed by atoms with Gasteiger partial charge in [-0.25, -0.2) is 13.2 Å². The van der Waals surface area contributed by atoms with Gasteiger partial charge in [-0.05, 0) is 50.1 Å². The van der Waals surface area contributed by atoms with E-state index in [1.165, 1.54) is 4.31 Å². The van der Waals surface area contributed by atoms with E-state index >= 15 is 0 Å². The predicted molar refractivity (Wildman–Crippen MR) is 109 cm³/mol. The second-order valence-electron chi connectivity index (χ2n) is 7.19. The Bertz CT molecular complexity index is 997. The predicted octanol–water partition coefficient (Wildman–Crippen LogP) is 3.59. The number of ether oxygens (including phenoxy) is 1. The second-order valence-corrected chi connectivity index (χ2v) is 9.64. The zero-order valence-electron chi connectivity index (χ0n) is 15.5. The van der Waals surface area contributed by atoms with E-state index < -0.39 is 10.0 Å². The smallest absolute Gasteiger partial charge is 0.414 e. The molecule has 0 atom stereocenters. The van der Waals surface area contributed by atoms with E-state index in [1.807, 2.05) is 25.1 Å². The number of nitrogens with zero attached hydrogens (tertiary/aromatic N) is 2. The quantitative estimate of drug-likeness (QED) is 0.774. The van der Waals surface area contributed by atoms with Gasteiger partial charge in [0.15, 0.2) is 0 Å². The number of rotatable bonds is 3. The number of cyclic esters (lactones) is 1. The Kier molecular flexibility index (Phi) is 5.11. The van der Waals surface area contributed by atoms with Crippen LogP contribution in [0.5, 0.6) is 0 Å². The van der Waals surface area contributed by atoms with E-state index in [9.17, 15) is 13.2 Å². The lowest BCUT2D eigenvalue weighted by Crippen LogP contribution is -2.50. The molecule has 0 aliphatic carbocycles. The van der Waals surface area contributed by atoms with Crippen molar-refractivity contribution in [2.24, 2.45) is 0 Å². The lowest BCUT2D eigenvalue weighted by molar-refractivity contribution is 0.135. The molecule has 0 N–H and O–H groups in total. The van der Waals surface area contributed by atoms with Crippen molar-refractivity contribution in [2.75, 3.05) is 18.0 Å². The second kappa shape index (κ2) is 7.42. The molecule has 2 aromatic rings. The summed E-state index contributed by atoms with van der Waals surface area (Å²) in [5.41, 5.74) is 2.76. The fraction of sp³-hybridized carbons (Fsp3) is 0.350. The van der Waals surface area contributed by atoms with Crippen molar-refractivity contribution in [3.63, 3.8) is 0 Å². The summed E-state index contributed by atoms with van der Waals surface area (Å²) in [5, 5.41) is 0. The van der Waals surface area contributed by atoms with E-state index in [2.05, 4.69) is 12.6 Å². The molecule has 0 radical (unpaired) electrons. The van der Waals surface area contributed by atoms with Gasteiger partial charge in [0.25, 0.3) is 0 Å². The van der Waals surface area contributed by atoms with Crippen molar-refractivity contribution >= 4 is 34.4 Å². The Balaban J connectivity index is 1.52. The maximum absolute atomic E-state index is 12.9. The van der Waals surface area contributed by atoms with E-state index in [4.69, 9.17) is 4.74 Å². The molecule has 1 amide bonds. The van der Waals surface area contributed by atoms with Crippen molar-refractivity contribution in [1.29, 1.82) is 0 Å². The number of hydrogen-bond donors (Lipinski definition) is 1. The Morgan fingerprint density at radius 1 is 1.07 bits per heavy atom. The average Bonchev–Trinajstić information content (AvgIpc) is 2.68. The van der Waals surface area contributed by atoms with Crippen molar-refractivity contribution in [3.8, 4) is 0 Å². The highest BCUT2D eigenvalue weighted by Crippen LogP contribution is 2.34. The molecule has 0 saturated carbocycles. The van der Waals surface area contributed by atoms with Gasteiger partial charge in [0.1, 0.15) is 6.61 Å². The molecule has 0 aromatic heterocycles. The number of benzene rings is 2. The first-order valence-corrected chi connectivity index (χ1v) is 11.1. The average molecular weight is 419 g/mol. The summed E-state index contributed by atoms with van der Waals surface area (Å²) in [5.74, 6) is 0. The SMILES string of the molecule is Cc1ccc(S(=O)(=O)N2CCC(N3C(=O)OCc4cc(S)ccc43)CC2)cc1. The maximum atomic E-state index is 12.9. The highest BCUT2D eigenvalue weighted by Gasteiger charge is 2.37. The monoisotopic (exact) mass is 418 g/mol. The largest absolute Gasteiger partial charge is 0.444 e. The minimum Gasteiger partial charge on any atom is -0.444 e. The molecule has 8 heteroatoms. The summed E-state index contributed by atoms with van der Waals surface area (Å²) < 4.78 is 32.6. The van der Waals surface area contributed by atoms with Gasteiger partial charge in [-0.15, -0.1) is 12.6 Å². The van der Waals surface area contributed by atoms with Gasteiger partial charge in [0.05, 0.1) is 10.6 Å². The van der Waals surface area contributed by atoms with Crippen LogP contribution < -0.4 is 4.90 Å². The number of carbonyl (C=O) groups is 1. The molecule has 2 aromatic carbocycles. The molecule has 1 saturated heterocycles. The molecule has 2 aliphatic heterocycles. The Morgan fingerprint density at radius 2 is 1.75 bits per heavy atom. The van der Waals surface area contributed by atoms with Crippen molar-refractivity contribution < 1.29 is 17.9 Å². The topological polar surface area (TPSA) is 66.9 Å². The van der Waals surface area contributed by atoms with Crippen molar-refractivity contribution in [1.82, 2.24) is 4.31 Å². The minimum absolute atomic E-state index is 0.0956. The van der Waals surface area contributed by atoms with Crippen LogP contribution in [0.3, 0.4) is 0 Å². The van der Waals surface area contributed by atoms with E-state index in [1.54, 1.807) is 29.2 Å². The number of piperidine rings is 1. The van der Waals surface area contributed by atoms with Crippen LogP contribution in [0.25, 0.3) is 0 Å². The van der Waals surface area contributed by atoms with Crippen LogP contribution in [-0.2, 0) is 21.4 Å². The fourth-order valence-electron chi connectivity index (χ4n) is 3.78. The van der Waals surface area contributed by atoms with Gasteiger partial charge >= 0.3 is 6.09 Å². The van der Waals surface area contributed by atoms with Crippen LogP contribution in [0.2, 0.25) is 0 Å². The van der Waals surface area contributed by atoms with Gasteiger partial charge in [0, 0.05) is 29.6 Å². The molecule has 0 unspecified atom stereocenters. The molecule has 4 rings (SSSR count). The number of aryl methyl sites for hydroxylation is 1. The molecule has 148 valence electrons. The summed E-state index contributed by atoms with van der Waals surface area (Å²) in [4.78, 5) is 15.2. The van der Waals surface area contributed by atoms with Gasteiger partial charge in [-0.3, -0.25) is 4.90 Å². The minimum atomic E-state index is -3.52. The molecule has 2 aliphatic rings. The first-order valence-electron chi connectivity index (χ1n) is 9.21.